The summed E-state index contributed by atoms with van der Waals surface area (Å²) in [4.78, 5) is 9.10. The summed E-state index contributed by atoms with van der Waals surface area (Å²) in [6, 6.07) is 7.99. The summed E-state index contributed by atoms with van der Waals surface area (Å²) >= 11 is 1.77. The van der Waals surface area contributed by atoms with Crippen LogP contribution in [0, 0.1) is 6.92 Å². The number of rotatable bonds is 2. The molecule has 0 aliphatic rings. The maximum absolute atomic E-state index is 4.58. The van der Waals surface area contributed by atoms with Crippen LogP contribution in [0.15, 0.2) is 24.3 Å². The number of para-hydroxylation sites is 2. The summed E-state index contributed by atoms with van der Waals surface area (Å²) in [5.74, 6) is 0.934. The van der Waals surface area contributed by atoms with Gasteiger partial charge < -0.3 is 0 Å². The molecule has 0 radical (unpaired) electrons. The van der Waals surface area contributed by atoms with E-state index in [4.69, 9.17) is 0 Å². The van der Waals surface area contributed by atoms with Gasteiger partial charge in [-0.05, 0) is 25.3 Å². The normalized spacial score (nSPS) is 10.7. The summed E-state index contributed by atoms with van der Waals surface area (Å²) in [5.41, 5.74) is 4.10. The molecule has 0 unspecified atom stereocenters. The molecular weight excluding hydrogens is 192 g/mol. The molecule has 2 nitrogen and oxygen atoms in total. The van der Waals surface area contributed by atoms with Crippen molar-refractivity contribution in [3.05, 3.63) is 35.7 Å². The lowest BCUT2D eigenvalue weighted by atomic mass is 10.2. The van der Waals surface area contributed by atoms with Crippen LogP contribution in [0.4, 0.5) is 0 Å². The Kier molecular flexibility index (Phi) is 2.68. The number of hydrogen-bond acceptors (Lipinski definition) is 3. The van der Waals surface area contributed by atoms with Crippen molar-refractivity contribution < 1.29 is 0 Å². The van der Waals surface area contributed by atoms with Gasteiger partial charge in [0.1, 0.15) is 0 Å². The highest BCUT2D eigenvalue weighted by Gasteiger charge is 2.03. The molecule has 2 rings (SSSR count). The van der Waals surface area contributed by atoms with E-state index in [0.717, 1.165) is 28.2 Å². The van der Waals surface area contributed by atoms with E-state index >= 15 is 0 Å². The molecule has 1 aromatic carbocycles. The number of hydrogen-bond donors (Lipinski definition) is 0. The first-order valence-electron chi connectivity index (χ1n) is 4.52. The lowest BCUT2D eigenvalue weighted by Gasteiger charge is -2.04. The Labute approximate surface area is 87.8 Å². The third kappa shape index (κ3) is 1.73. The Morgan fingerprint density at radius 1 is 1.14 bits per heavy atom. The second-order valence-corrected chi connectivity index (χ2v) is 4.04. The molecule has 1 aromatic heterocycles. The standard InChI is InChI=1S/C11H12N2S/c1-8-11(7-14-2)13-10-6-4-3-5-9(10)12-8/h3-6H,7H2,1-2H3. The highest BCUT2D eigenvalue weighted by molar-refractivity contribution is 7.97. The summed E-state index contributed by atoms with van der Waals surface area (Å²) in [6.45, 7) is 2.02. The lowest BCUT2D eigenvalue weighted by Crippen LogP contribution is -1.96. The molecule has 14 heavy (non-hydrogen) atoms. The molecule has 3 heteroatoms. The zero-order valence-electron chi connectivity index (χ0n) is 8.32. The average Bonchev–Trinajstić information content (AvgIpc) is 2.19. The minimum Gasteiger partial charge on any atom is -0.250 e. The van der Waals surface area contributed by atoms with Crippen molar-refractivity contribution in [3.8, 4) is 0 Å². The third-order valence-corrected chi connectivity index (χ3v) is 2.69. The Balaban J connectivity index is 2.59. The maximum atomic E-state index is 4.58. The minimum atomic E-state index is 0.934. The molecule has 2 aromatic rings. The molecule has 1 heterocycles. The number of fused-ring (bicyclic) bond motifs is 1. The molecule has 0 saturated heterocycles. The van der Waals surface area contributed by atoms with Gasteiger partial charge in [0.15, 0.2) is 0 Å². The van der Waals surface area contributed by atoms with Crippen molar-refractivity contribution in [1.82, 2.24) is 9.97 Å². The predicted octanol–water partition coefficient (Wildman–Crippen LogP) is 2.80. The molecule has 0 N–H and O–H groups in total. The largest absolute Gasteiger partial charge is 0.250 e. The van der Waals surface area contributed by atoms with E-state index in [9.17, 15) is 0 Å². The van der Waals surface area contributed by atoms with E-state index in [-0.39, 0.29) is 0 Å². The molecule has 0 aliphatic carbocycles. The lowest BCUT2D eigenvalue weighted by molar-refractivity contribution is 1.09. The summed E-state index contributed by atoms with van der Waals surface area (Å²) in [6.07, 6.45) is 2.08. The first-order valence-corrected chi connectivity index (χ1v) is 5.92. The second kappa shape index (κ2) is 3.96. The number of aromatic nitrogens is 2. The van der Waals surface area contributed by atoms with Crippen molar-refractivity contribution in [2.75, 3.05) is 6.26 Å². The monoisotopic (exact) mass is 204 g/mol. The fourth-order valence-electron chi connectivity index (χ4n) is 1.40. The van der Waals surface area contributed by atoms with Gasteiger partial charge in [0.2, 0.25) is 0 Å². The molecular formula is C11H12N2S. The highest BCUT2D eigenvalue weighted by atomic mass is 32.2. The number of aryl methyl sites for hydroxylation is 1. The topological polar surface area (TPSA) is 25.8 Å². The SMILES string of the molecule is CSCc1nc2ccccc2nc1C. The first kappa shape index (κ1) is 9.46. The van der Waals surface area contributed by atoms with Crippen LogP contribution in [0.25, 0.3) is 11.0 Å². The van der Waals surface area contributed by atoms with E-state index in [1.165, 1.54) is 0 Å². The molecule has 0 saturated carbocycles. The predicted molar refractivity (Wildman–Crippen MR) is 61.5 cm³/mol. The van der Waals surface area contributed by atoms with Crippen molar-refractivity contribution in [1.29, 1.82) is 0 Å². The van der Waals surface area contributed by atoms with Gasteiger partial charge in [-0.15, -0.1) is 0 Å². The maximum Gasteiger partial charge on any atom is 0.0890 e. The van der Waals surface area contributed by atoms with Crippen molar-refractivity contribution >= 4 is 22.8 Å². The number of benzene rings is 1. The quantitative estimate of drug-likeness (QED) is 0.752. The van der Waals surface area contributed by atoms with Gasteiger partial charge in [-0.2, -0.15) is 11.8 Å². The van der Waals surface area contributed by atoms with E-state index in [2.05, 4.69) is 16.2 Å². The fraction of sp³-hybridized carbons (Fsp3) is 0.273. The summed E-state index contributed by atoms with van der Waals surface area (Å²) < 4.78 is 0. The highest BCUT2D eigenvalue weighted by Crippen LogP contribution is 2.15. The van der Waals surface area contributed by atoms with Gasteiger partial charge in [-0.1, -0.05) is 12.1 Å². The molecule has 0 bridgehead atoms. The Morgan fingerprint density at radius 3 is 2.43 bits per heavy atom. The van der Waals surface area contributed by atoms with Crippen LogP contribution in [0.3, 0.4) is 0 Å². The summed E-state index contributed by atoms with van der Waals surface area (Å²) in [5, 5.41) is 0. The van der Waals surface area contributed by atoms with Gasteiger partial charge in [0.25, 0.3) is 0 Å². The fourth-order valence-corrected chi connectivity index (χ4v) is 1.95. The minimum absolute atomic E-state index is 0.934. The smallest absolute Gasteiger partial charge is 0.0890 e. The Bertz CT molecular complexity index is 454. The van der Waals surface area contributed by atoms with Crippen molar-refractivity contribution in [3.63, 3.8) is 0 Å². The molecule has 72 valence electrons. The zero-order valence-corrected chi connectivity index (χ0v) is 9.14. The number of thioether (sulfide) groups is 1. The van der Waals surface area contributed by atoms with Crippen LogP contribution in [-0.2, 0) is 5.75 Å². The van der Waals surface area contributed by atoms with Gasteiger partial charge in [0.05, 0.1) is 22.4 Å². The molecule has 0 atom stereocenters. The van der Waals surface area contributed by atoms with Crippen molar-refractivity contribution in [2.45, 2.75) is 12.7 Å². The third-order valence-electron chi connectivity index (χ3n) is 2.12. The Hall–Kier alpha value is -1.09. The number of nitrogens with zero attached hydrogens (tertiary/aromatic N) is 2. The first-order chi connectivity index (χ1) is 6.81. The van der Waals surface area contributed by atoms with Gasteiger partial charge in [0, 0.05) is 5.75 Å². The van der Waals surface area contributed by atoms with E-state index < -0.39 is 0 Å². The summed E-state index contributed by atoms with van der Waals surface area (Å²) in [7, 11) is 0. The molecule has 0 spiro atoms. The van der Waals surface area contributed by atoms with Crippen LogP contribution in [-0.4, -0.2) is 16.2 Å². The van der Waals surface area contributed by atoms with E-state index in [1.807, 2.05) is 31.2 Å². The van der Waals surface area contributed by atoms with Crippen LogP contribution in [0.1, 0.15) is 11.4 Å². The van der Waals surface area contributed by atoms with Crippen molar-refractivity contribution in [2.24, 2.45) is 0 Å². The van der Waals surface area contributed by atoms with E-state index in [1.54, 1.807) is 11.8 Å². The molecule has 0 fully saturated rings. The molecule has 0 aliphatic heterocycles. The van der Waals surface area contributed by atoms with E-state index in [0.29, 0.717) is 0 Å². The van der Waals surface area contributed by atoms with Crippen LogP contribution >= 0.6 is 11.8 Å². The van der Waals surface area contributed by atoms with Gasteiger partial charge in [-0.25, -0.2) is 9.97 Å². The molecule has 0 amide bonds. The zero-order chi connectivity index (χ0) is 9.97. The van der Waals surface area contributed by atoms with Gasteiger partial charge >= 0.3 is 0 Å². The van der Waals surface area contributed by atoms with Crippen LogP contribution < -0.4 is 0 Å². The van der Waals surface area contributed by atoms with Crippen LogP contribution in [0.2, 0.25) is 0 Å². The Morgan fingerprint density at radius 2 is 1.79 bits per heavy atom. The van der Waals surface area contributed by atoms with Gasteiger partial charge in [-0.3, -0.25) is 0 Å². The van der Waals surface area contributed by atoms with Crippen LogP contribution in [0.5, 0.6) is 0 Å². The average molecular weight is 204 g/mol. The second-order valence-electron chi connectivity index (χ2n) is 3.18.